The molecule has 0 amide bonds. The Balaban J connectivity index is 1.96. The van der Waals surface area contributed by atoms with Crippen LogP contribution >= 0.6 is 0 Å². The summed E-state index contributed by atoms with van der Waals surface area (Å²) in [6, 6.07) is -0.707. The molecule has 3 N–H and O–H groups in total. The zero-order valence-electron chi connectivity index (χ0n) is 7.53. The summed E-state index contributed by atoms with van der Waals surface area (Å²) < 4.78 is 5.59. The second-order valence-electron chi connectivity index (χ2n) is 4.15. The smallest absolute Gasteiger partial charge is 0.320 e. The van der Waals surface area contributed by atoms with E-state index in [2.05, 4.69) is 0 Å². The lowest BCUT2D eigenvalue weighted by Crippen LogP contribution is -2.43. The van der Waals surface area contributed by atoms with Gasteiger partial charge in [-0.25, -0.2) is 0 Å². The lowest BCUT2D eigenvalue weighted by molar-refractivity contribution is -0.141. The second kappa shape index (κ2) is 2.96. The van der Waals surface area contributed by atoms with Crippen LogP contribution in [0.1, 0.15) is 25.7 Å². The van der Waals surface area contributed by atoms with Crippen molar-refractivity contribution in [3.8, 4) is 0 Å². The van der Waals surface area contributed by atoms with E-state index in [4.69, 9.17) is 15.6 Å². The third-order valence-electron chi connectivity index (χ3n) is 3.13. The molecule has 2 fully saturated rings. The molecule has 4 heteroatoms. The second-order valence-corrected chi connectivity index (χ2v) is 4.15. The lowest BCUT2D eigenvalue weighted by Gasteiger charge is -2.31. The predicted molar refractivity (Wildman–Crippen MR) is 46.3 cm³/mol. The minimum atomic E-state index is -0.886. The lowest BCUT2D eigenvalue weighted by atomic mass is 9.88. The summed E-state index contributed by atoms with van der Waals surface area (Å²) >= 11 is 0. The van der Waals surface area contributed by atoms with Gasteiger partial charge in [-0.1, -0.05) is 0 Å². The van der Waals surface area contributed by atoms with Crippen LogP contribution in [0.3, 0.4) is 0 Å². The van der Waals surface area contributed by atoms with Crippen LogP contribution in [0.5, 0.6) is 0 Å². The Bertz CT molecular complexity index is 225. The summed E-state index contributed by atoms with van der Waals surface area (Å²) in [6.07, 6.45) is 3.78. The van der Waals surface area contributed by atoms with Crippen molar-refractivity contribution in [2.24, 2.45) is 11.7 Å². The zero-order chi connectivity index (χ0) is 9.47. The fraction of sp³-hybridized carbons (Fsp3) is 0.889. The highest BCUT2D eigenvalue weighted by atomic mass is 16.5. The largest absolute Gasteiger partial charge is 0.480 e. The number of carboxylic acid groups (broad SMARTS) is 1. The van der Waals surface area contributed by atoms with E-state index in [0.29, 0.717) is 6.61 Å². The van der Waals surface area contributed by atoms with E-state index in [1.807, 2.05) is 0 Å². The molecule has 2 atom stereocenters. The van der Waals surface area contributed by atoms with Gasteiger partial charge in [0.25, 0.3) is 0 Å². The topological polar surface area (TPSA) is 72.6 Å². The van der Waals surface area contributed by atoms with Gasteiger partial charge in [-0.15, -0.1) is 0 Å². The molecule has 0 aromatic rings. The molecule has 2 aliphatic rings. The molecule has 1 aliphatic heterocycles. The molecule has 1 aliphatic carbocycles. The molecule has 13 heavy (non-hydrogen) atoms. The van der Waals surface area contributed by atoms with Gasteiger partial charge in [0.05, 0.1) is 5.60 Å². The number of hydrogen-bond donors (Lipinski definition) is 2. The quantitative estimate of drug-likeness (QED) is 0.651. The molecular formula is C9H15NO3. The highest BCUT2D eigenvalue weighted by Gasteiger charge is 2.49. The van der Waals surface area contributed by atoms with Crippen LogP contribution < -0.4 is 5.73 Å². The van der Waals surface area contributed by atoms with Crippen LogP contribution in [0.2, 0.25) is 0 Å². The van der Waals surface area contributed by atoms with E-state index in [9.17, 15) is 4.79 Å². The summed E-state index contributed by atoms with van der Waals surface area (Å²) in [5.41, 5.74) is 5.61. The van der Waals surface area contributed by atoms with Crippen LogP contribution in [0.25, 0.3) is 0 Å². The SMILES string of the molecule is N[C@H](C(=O)O)[C@@H]1CCOC2(CC2)C1. The van der Waals surface area contributed by atoms with Crippen LogP contribution in [-0.2, 0) is 9.53 Å². The van der Waals surface area contributed by atoms with Crippen LogP contribution in [0.4, 0.5) is 0 Å². The molecule has 1 saturated carbocycles. The van der Waals surface area contributed by atoms with Gasteiger partial charge in [0, 0.05) is 6.61 Å². The van der Waals surface area contributed by atoms with Crippen molar-refractivity contribution in [1.29, 1.82) is 0 Å². The van der Waals surface area contributed by atoms with Crippen molar-refractivity contribution in [2.45, 2.75) is 37.3 Å². The Morgan fingerprint density at radius 3 is 2.85 bits per heavy atom. The first-order valence-corrected chi connectivity index (χ1v) is 4.75. The van der Waals surface area contributed by atoms with E-state index >= 15 is 0 Å². The Labute approximate surface area is 77.1 Å². The summed E-state index contributed by atoms with van der Waals surface area (Å²) in [6.45, 7) is 0.672. The van der Waals surface area contributed by atoms with Crippen LogP contribution in [-0.4, -0.2) is 29.3 Å². The standard InChI is InChI=1S/C9H15NO3/c10-7(8(11)12)6-1-4-13-9(5-6)2-3-9/h6-7H,1-5,10H2,(H,11,12)/t6-,7+/m1/s1. The van der Waals surface area contributed by atoms with Gasteiger partial charge >= 0.3 is 5.97 Å². The minimum Gasteiger partial charge on any atom is -0.480 e. The first-order chi connectivity index (χ1) is 6.13. The van der Waals surface area contributed by atoms with Crippen molar-refractivity contribution in [3.63, 3.8) is 0 Å². The third-order valence-corrected chi connectivity index (χ3v) is 3.13. The van der Waals surface area contributed by atoms with E-state index in [-0.39, 0.29) is 11.5 Å². The third kappa shape index (κ3) is 1.69. The van der Waals surface area contributed by atoms with Gasteiger partial charge in [-0.2, -0.15) is 0 Å². The summed E-state index contributed by atoms with van der Waals surface area (Å²) in [7, 11) is 0. The number of rotatable bonds is 2. The molecule has 74 valence electrons. The highest BCUT2D eigenvalue weighted by molar-refractivity contribution is 5.73. The van der Waals surface area contributed by atoms with Gasteiger partial charge in [-0.05, 0) is 31.6 Å². The van der Waals surface area contributed by atoms with Crippen molar-refractivity contribution >= 4 is 5.97 Å². The Morgan fingerprint density at radius 2 is 2.31 bits per heavy atom. The monoisotopic (exact) mass is 185 g/mol. The molecule has 0 aromatic carbocycles. The molecule has 1 heterocycles. The van der Waals surface area contributed by atoms with Gasteiger partial charge in [0.1, 0.15) is 6.04 Å². The maximum atomic E-state index is 10.7. The fourth-order valence-corrected chi connectivity index (χ4v) is 2.06. The fourth-order valence-electron chi connectivity index (χ4n) is 2.06. The molecule has 1 saturated heterocycles. The molecule has 0 bridgehead atoms. The Hall–Kier alpha value is -0.610. The Morgan fingerprint density at radius 1 is 1.62 bits per heavy atom. The maximum Gasteiger partial charge on any atom is 0.320 e. The summed E-state index contributed by atoms with van der Waals surface area (Å²) in [5.74, 6) is -0.781. The maximum absolute atomic E-state index is 10.7. The molecule has 2 rings (SSSR count). The summed E-state index contributed by atoms with van der Waals surface area (Å²) in [4.78, 5) is 10.7. The summed E-state index contributed by atoms with van der Waals surface area (Å²) in [5, 5.41) is 8.76. The van der Waals surface area contributed by atoms with E-state index in [1.165, 1.54) is 0 Å². The number of carbonyl (C=O) groups is 1. The van der Waals surface area contributed by atoms with Crippen molar-refractivity contribution < 1.29 is 14.6 Å². The average Bonchev–Trinajstić information content (AvgIpc) is 2.83. The van der Waals surface area contributed by atoms with E-state index in [1.54, 1.807) is 0 Å². The molecule has 0 unspecified atom stereocenters. The minimum absolute atomic E-state index is 0.0238. The molecule has 1 spiro atoms. The zero-order valence-corrected chi connectivity index (χ0v) is 7.53. The molecular weight excluding hydrogens is 170 g/mol. The predicted octanol–water partition coefficient (Wildman–Crippen LogP) is 0.357. The molecule has 0 radical (unpaired) electrons. The normalized spacial score (nSPS) is 32.8. The van der Waals surface area contributed by atoms with Crippen molar-refractivity contribution in [1.82, 2.24) is 0 Å². The molecule has 0 aromatic heterocycles. The Kier molecular flexibility index (Phi) is 2.04. The van der Waals surface area contributed by atoms with Crippen molar-refractivity contribution in [3.05, 3.63) is 0 Å². The van der Waals surface area contributed by atoms with Gasteiger partial charge in [0.2, 0.25) is 0 Å². The number of carboxylic acids is 1. The van der Waals surface area contributed by atoms with Crippen LogP contribution in [0.15, 0.2) is 0 Å². The average molecular weight is 185 g/mol. The highest BCUT2D eigenvalue weighted by Crippen LogP contribution is 2.48. The number of hydrogen-bond acceptors (Lipinski definition) is 3. The number of nitrogens with two attached hydrogens (primary N) is 1. The van der Waals surface area contributed by atoms with E-state index in [0.717, 1.165) is 25.7 Å². The first kappa shape index (κ1) is 8.97. The van der Waals surface area contributed by atoms with Gasteiger partial charge in [0.15, 0.2) is 0 Å². The van der Waals surface area contributed by atoms with E-state index < -0.39 is 12.0 Å². The van der Waals surface area contributed by atoms with Crippen molar-refractivity contribution in [2.75, 3.05) is 6.61 Å². The van der Waals surface area contributed by atoms with Crippen LogP contribution in [0, 0.1) is 5.92 Å². The molecule has 4 nitrogen and oxygen atoms in total. The number of aliphatic carboxylic acids is 1. The van der Waals surface area contributed by atoms with Gasteiger partial charge < -0.3 is 15.6 Å². The first-order valence-electron chi connectivity index (χ1n) is 4.75. The van der Waals surface area contributed by atoms with Gasteiger partial charge in [-0.3, -0.25) is 4.79 Å². The number of ether oxygens (including phenoxy) is 1.